The van der Waals surface area contributed by atoms with Gasteiger partial charge in [-0.15, -0.1) is 0 Å². The van der Waals surface area contributed by atoms with Crippen molar-refractivity contribution < 1.29 is 4.39 Å². The number of nitrogens with one attached hydrogen (secondary N) is 1. The standard InChI is InChI=1S/C11H9BrClFN2/c1-2-9-10(12)11(16-15-9)6-3-4-8(14)7(13)5-6/h3-5H,2H2,1H3,(H,15,16). The minimum absolute atomic E-state index is 0.102. The van der Waals surface area contributed by atoms with Crippen LogP contribution in [0.25, 0.3) is 11.3 Å². The summed E-state index contributed by atoms with van der Waals surface area (Å²) < 4.78 is 13.9. The molecule has 0 aliphatic heterocycles. The zero-order valence-corrected chi connectivity index (χ0v) is 10.9. The van der Waals surface area contributed by atoms with Crippen LogP contribution in [0.2, 0.25) is 5.02 Å². The molecule has 1 N–H and O–H groups in total. The third-order valence-corrected chi connectivity index (χ3v) is 3.47. The third-order valence-electron chi connectivity index (χ3n) is 2.32. The van der Waals surface area contributed by atoms with Crippen molar-refractivity contribution in [3.8, 4) is 11.3 Å². The summed E-state index contributed by atoms with van der Waals surface area (Å²) in [6, 6.07) is 4.56. The van der Waals surface area contributed by atoms with E-state index < -0.39 is 5.82 Å². The van der Waals surface area contributed by atoms with E-state index in [1.807, 2.05) is 6.92 Å². The molecule has 1 aromatic heterocycles. The van der Waals surface area contributed by atoms with E-state index in [4.69, 9.17) is 11.6 Å². The molecule has 0 aliphatic rings. The second-order valence-electron chi connectivity index (χ2n) is 3.35. The molecule has 0 amide bonds. The zero-order chi connectivity index (χ0) is 11.7. The van der Waals surface area contributed by atoms with Gasteiger partial charge < -0.3 is 0 Å². The highest BCUT2D eigenvalue weighted by Crippen LogP contribution is 2.31. The molecule has 1 heterocycles. The molecule has 0 atom stereocenters. The topological polar surface area (TPSA) is 28.7 Å². The normalized spacial score (nSPS) is 10.8. The number of benzene rings is 1. The van der Waals surface area contributed by atoms with Crippen LogP contribution in [0.1, 0.15) is 12.6 Å². The largest absolute Gasteiger partial charge is 0.281 e. The van der Waals surface area contributed by atoms with Crippen LogP contribution >= 0.6 is 27.5 Å². The Morgan fingerprint density at radius 1 is 1.50 bits per heavy atom. The van der Waals surface area contributed by atoms with E-state index in [0.29, 0.717) is 0 Å². The van der Waals surface area contributed by atoms with Crippen LogP contribution in [0.5, 0.6) is 0 Å². The van der Waals surface area contributed by atoms with Crippen molar-refractivity contribution in [1.82, 2.24) is 10.2 Å². The fraction of sp³-hybridized carbons (Fsp3) is 0.182. The monoisotopic (exact) mass is 302 g/mol. The summed E-state index contributed by atoms with van der Waals surface area (Å²) >= 11 is 9.19. The first kappa shape index (κ1) is 11.6. The van der Waals surface area contributed by atoms with E-state index in [9.17, 15) is 4.39 Å². The molecule has 2 aromatic rings. The summed E-state index contributed by atoms with van der Waals surface area (Å²) in [5, 5.41) is 7.20. The summed E-state index contributed by atoms with van der Waals surface area (Å²) in [5.41, 5.74) is 2.54. The minimum atomic E-state index is -0.423. The van der Waals surface area contributed by atoms with E-state index in [2.05, 4.69) is 26.1 Å². The van der Waals surface area contributed by atoms with Crippen LogP contribution in [-0.2, 0) is 6.42 Å². The summed E-state index contributed by atoms with van der Waals surface area (Å²) in [6.45, 7) is 2.03. The summed E-state index contributed by atoms with van der Waals surface area (Å²) in [5.74, 6) is -0.423. The Balaban J connectivity index is 2.50. The van der Waals surface area contributed by atoms with E-state index in [1.165, 1.54) is 6.07 Å². The van der Waals surface area contributed by atoms with Gasteiger partial charge >= 0.3 is 0 Å². The van der Waals surface area contributed by atoms with Crippen molar-refractivity contribution in [2.45, 2.75) is 13.3 Å². The van der Waals surface area contributed by atoms with Gasteiger partial charge in [0.25, 0.3) is 0 Å². The van der Waals surface area contributed by atoms with Crippen molar-refractivity contribution in [3.05, 3.63) is 39.2 Å². The number of H-pyrrole nitrogens is 1. The highest BCUT2D eigenvalue weighted by Gasteiger charge is 2.12. The number of aryl methyl sites for hydroxylation is 1. The first-order valence-corrected chi connectivity index (χ1v) is 5.98. The molecule has 2 rings (SSSR count). The summed E-state index contributed by atoms with van der Waals surface area (Å²) in [7, 11) is 0. The first-order valence-electron chi connectivity index (χ1n) is 4.81. The number of hydrogen-bond donors (Lipinski definition) is 1. The van der Waals surface area contributed by atoms with Gasteiger partial charge in [-0.1, -0.05) is 18.5 Å². The predicted molar refractivity (Wildman–Crippen MR) is 66.1 cm³/mol. The van der Waals surface area contributed by atoms with E-state index in [-0.39, 0.29) is 5.02 Å². The molecule has 0 fully saturated rings. The van der Waals surface area contributed by atoms with Gasteiger partial charge in [0.05, 0.1) is 9.50 Å². The van der Waals surface area contributed by atoms with Gasteiger partial charge in [-0.3, -0.25) is 5.10 Å². The Bertz CT molecular complexity index is 525. The zero-order valence-electron chi connectivity index (χ0n) is 8.52. The number of halogens is 3. The van der Waals surface area contributed by atoms with Gasteiger partial charge in [-0.05, 0) is 40.5 Å². The molecule has 0 aliphatic carbocycles. The lowest BCUT2D eigenvalue weighted by Crippen LogP contribution is -1.82. The highest BCUT2D eigenvalue weighted by atomic mass is 79.9. The van der Waals surface area contributed by atoms with Crippen LogP contribution in [0.15, 0.2) is 22.7 Å². The van der Waals surface area contributed by atoms with Gasteiger partial charge in [-0.25, -0.2) is 4.39 Å². The average Bonchev–Trinajstić information content (AvgIpc) is 2.64. The second-order valence-corrected chi connectivity index (χ2v) is 4.55. The molecule has 5 heteroatoms. The predicted octanol–water partition coefficient (Wildman–Crippen LogP) is 4.19. The smallest absolute Gasteiger partial charge is 0.141 e. The molecule has 0 bridgehead atoms. The lowest BCUT2D eigenvalue weighted by atomic mass is 10.1. The van der Waals surface area contributed by atoms with Crippen LogP contribution in [0.3, 0.4) is 0 Å². The molecular formula is C11H9BrClFN2. The van der Waals surface area contributed by atoms with Gasteiger partial charge in [0.1, 0.15) is 11.5 Å². The molecule has 16 heavy (non-hydrogen) atoms. The quantitative estimate of drug-likeness (QED) is 0.885. The molecular weight excluding hydrogens is 294 g/mol. The van der Waals surface area contributed by atoms with Crippen LogP contribution in [0.4, 0.5) is 4.39 Å². The lowest BCUT2D eigenvalue weighted by Gasteiger charge is -2.00. The Morgan fingerprint density at radius 3 is 2.81 bits per heavy atom. The Morgan fingerprint density at radius 2 is 2.25 bits per heavy atom. The highest BCUT2D eigenvalue weighted by molar-refractivity contribution is 9.10. The average molecular weight is 304 g/mol. The van der Waals surface area contributed by atoms with Crippen molar-refractivity contribution in [1.29, 1.82) is 0 Å². The minimum Gasteiger partial charge on any atom is -0.281 e. The molecule has 0 spiro atoms. The molecule has 0 saturated heterocycles. The number of hydrogen-bond acceptors (Lipinski definition) is 1. The van der Waals surface area contributed by atoms with Gasteiger partial charge in [0.15, 0.2) is 0 Å². The van der Waals surface area contributed by atoms with E-state index in [0.717, 1.165) is 27.8 Å². The van der Waals surface area contributed by atoms with E-state index in [1.54, 1.807) is 12.1 Å². The fourth-order valence-corrected chi connectivity index (χ4v) is 2.30. The van der Waals surface area contributed by atoms with Crippen LogP contribution < -0.4 is 0 Å². The van der Waals surface area contributed by atoms with Crippen molar-refractivity contribution >= 4 is 27.5 Å². The Labute approximate surface area is 106 Å². The summed E-state index contributed by atoms with van der Waals surface area (Å²) in [6.07, 6.45) is 0.850. The SMILES string of the molecule is CCc1[nH]nc(-c2ccc(F)c(Cl)c2)c1Br. The van der Waals surface area contributed by atoms with Crippen molar-refractivity contribution in [2.24, 2.45) is 0 Å². The second kappa shape index (κ2) is 4.55. The first-order chi connectivity index (χ1) is 7.63. The lowest BCUT2D eigenvalue weighted by molar-refractivity contribution is 0.628. The van der Waals surface area contributed by atoms with Crippen molar-refractivity contribution in [3.63, 3.8) is 0 Å². The third kappa shape index (κ3) is 1.99. The van der Waals surface area contributed by atoms with E-state index >= 15 is 0 Å². The molecule has 1 aromatic carbocycles. The fourth-order valence-electron chi connectivity index (χ4n) is 1.43. The summed E-state index contributed by atoms with van der Waals surface area (Å²) in [4.78, 5) is 0. The Hall–Kier alpha value is -0.870. The number of aromatic nitrogens is 2. The maximum absolute atomic E-state index is 13.0. The van der Waals surface area contributed by atoms with Crippen molar-refractivity contribution in [2.75, 3.05) is 0 Å². The van der Waals surface area contributed by atoms with Gasteiger partial charge in [0, 0.05) is 11.3 Å². The van der Waals surface area contributed by atoms with Gasteiger partial charge in [0.2, 0.25) is 0 Å². The van der Waals surface area contributed by atoms with Gasteiger partial charge in [-0.2, -0.15) is 5.10 Å². The maximum Gasteiger partial charge on any atom is 0.141 e. The molecule has 2 nitrogen and oxygen atoms in total. The number of aromatic amines is 1. The number of rotatable bonds is 2. The molecule has 0 radical (unpaired) electrons. The number of nitrogens with zero attached hydrogens (tertiary/aromatic N) is 1. The van der Waals surface area contributed by atoms with Crippen LogP contribution in [-0.4, -0.2) is 10.2 Å². The Kier molecular flexibility index (Phi) is 3.30. The molecule has 84 valence electrons. The molecule has 0 unspecified atom stereocenters. The molecule has 0 saturated carbocycles. The van der Waals surface area contributed by atoms with Crippen LogP contribution in [0, 0.1) is 5.82 Å². The maximum atomic E-state index is 13.0.